The molecule has 2 aromatic carbocycles. The number of allylic oxidation sites excluding steroid dienone is 3. The van der Waals surface area contributed by atoms with Crippen LogP contribution in [0.1, 0.15) is 140 Å². The minimum absolute atomic E-state index is 0.0144. The summed E-state index contributed by atoms with van der Waals surface area (Å²) in [6.07, 6.45) is 3.22. The highest BCUT2D eigenvalue weighted by atomic mass is 32.2. The van der Waals surface area contributed by atoms with Gasteiger partial charge in [-0.15, -0.1) is 19.7 Å². The van der Waals surface area contributed by atoms with Crippen molar-refractivity contribution in [3.63, 3.8) is 0 Å². The first-order chi connectivity index (χ1) is 23.6. The molecule has 0 aliphatic heterocycles. The fraction of sp³-hybridized carbons (Fsp3) is 0.561. The molecule has 0 fully saturated rings. The molecule has 310 valence electrons. The molecule has 0 radical (unpaired) electrons. The van der Waals surface area contributed by atoms with E-state index in [0.29, 0.717) is 29.6 Å². The van der Waals surface area contributed by atoms with Gasteiger partial charge in [0.05, 0.1) is 21.8 Å². The first-order valence-electron chi connectivity index (χ1n) is 17.8. The van der Waals surface area contributed by atoms with Crippen LogP contribution in [-0.2, 0) is 36.5 Å². The second-order valence-corrected chi connectivity index (χ2v) is 16.1. The van der Waals surface area contributed by atoms with Crippen molar-refractivity contribution in [2.45, 2.75) is 154 Å². The number of sulfone groups is 1. The standard InChI is InChI=1S/C10H14O2S.C9H12O3S.3C4H8.C3H8.3C2H6.CH4O3S/c1-3-7-13(11,12)10-6-4-5-9(2)8-10;1-3-8-6-7(2)4-5-9(8)13(10,11)12;3*1-4(2)3;1-3-2;3*1-2;1-5(2,3)4/h4-6,8H,3,7H2,1-2H3;4-6H,3H2,1-2H3,(H,10,11,12);3*1H2,2-3H3;3H2,1-2H3;3*1-2H3;1H3,(H,2,3,4). The van der Waals surface area contributed by atoms with Crippen LogP contribution in [0, 0.1) is 13.8 Å². The molecular formula is C41H80O8S3. The number of benzene rings is 2. The Balaban J connectivity index is -0.0000000763. The van der Waals surface area contributed by atoms with Gasteiger partial charge in [-0.2, -0.15) is 16.8 Å². The van der Waals surface area contributed by atoms with Crippen LogP contribution in [-0.4, -0.2) is 46.4 Å². The quantitative estimate of drug-likeness (QED) is 0.225. The zero-order valence-electron chi connectivity index (χ0n) is 36.6. The van der Waals surface area contributed by atoms with Gasteiger partial charge in [0.25, 0.3) is 20.2 Å². The Morgan fingerprint density at radius 2 is 0.923 bits per heavy atom. The first kappa shape index (κ1) is 67.5. The van der Waals surface area contributed by atoms with Crippen molar-refractivity contribution >= 4 is 30.1 Å². The topological polar surface area (TPSA) is 143 Å². The molecular weight excluding hydrogens is 717 g/mol. The molecule has 2 N–H and O–H groups in total. The highest BCUT2D eigenvalue weighted by molar-refractivity contribution is 7.91. The summed E-state index contributed by atoms with van der Waals surface area (Å²) >= 11 is 0. The largest absolute Gasteiger partial charge is 0.294 e. The summed E-state index contributed by atoms with van der Waals surface area (Å²) < 4.78 is 79.7. The van der Waals surface area contributed by atoms with E-state index in [9.17, 15) is 25.3 Å². The van der Waals surface area contributed by atoms with Crippen LogP contribution in [0.4, 0.5) is 0 Å². The van der Waals surface area contributed by atoms with Gasteiger partial charge < -0.3 is 0 Å². The lowest BCUT2D eigenvalue weighted by Crippen LogP contribution is -2.05. The summed E-state index contributed by atoms with van der Waals surface area (Å²) in [5, 5.41) is 0. The third kappa shape index (κ3) is 69.2. The minimum Gasteiger partial charge on any atom is -0.286 e. The lowest BCUT2D eigenvalue weighted by Gasteiger charge is -2.05. The summed E-state index contributed by atoms with van der Waals surface area (Å²) in [6.45, 7) is 46.2. The van der Waals surface area contributed by atoms with Crippen LogP contribution in [0.3, 0.4) is 0 Å². The summed E-state index contributed by atoms with van der Waals surface area (Å²) in [6, 6.07) is 11.9. The molecule has 0 atom stereocenters. The molecule has 8 nitrogen and oxygen atoms in total. The van der Waals surface area contributed by atoms with Gasteiger partial charge in [0.1, 0.15) is 0 Å². The molecule has 11 heteroatoms. The van der Waals surface area contributed by atoms with E-state index in [4.69, 9.17) is 9.11 Å². The molecule has 0 aliphatic rings. The van der Waals surface area contributed by atoms with Gasteiger partial charge in [-0.05, 0) is 97.6 Å². The van der Waals surface area contributed by atoms with Gasteiger partial charge in [0, 0.05) is 0 Å². The van der Waals surface area contributed by atoms with E-state index in [-0.39, 0.29) is 10.6 Å². The molecule has 2 aromatic rings. The predicted octanol–water partition coefficient (Wildman–Crippen LogP) is 12.7. The van der Waals surface area contributed by atoms with E-state index in [2.05, 4.69) is 33.6 Å². The number of aryl methyl sites for hydroxylation is 3. The summed E-state index contributed by atoms with van der Waals surface area (Å²) in [5.74, 6) is 0.233. The minimum atomic E-state index is -4.06. The van der Waals surface area contributed by atoms with E-state index >= 15 is 0 Å². The Morgan fingerprint density at radius 3 is 1.17 bits per heavy atom. The summed E-state index contributed by atoms with van der Waals surface area (Å²) in [4.78, 5) is 0.454. The van der Waals surface area contributed by atoms with Crippen molar-refractivity contribution < 1.29 is 34.4 Å². The van der Waals surface area contributed by atoms with Crippen molar-refractivity contribution in [1.82, 2.24) is 0 Å². The smallest absolute Gasteiger partial charge is 0.286 e. The lowest BCUT2D eigenvalue weighted by atomic mass is 10.1. The van der Waals surface area contributed by atoms with Crippen molar-refractivity contribution in [2.75, 3.05) is 12.0 Å². The second kappa shape index (κ2) is 42.8. The van der Waals surface area contributed by atoms with Gasteiger partial charge in [0.15, 0.2) is 9.84 Å². The fourth-order valence-electron chi connectivity index (χ4n) is 2.43. The second-order valence-electron chi connectivity index (χ2n) is 11.1. The van der Waals surface area contributed by atoms with Crippen LogP contribution < -0.4 is 0 Å². The molecule has 0 amide bonds. The maximum atomic E-state index is 11.6. The van der Waals surface area contributed by atoms with E-state index in [1.165, 1.54) is 29.2 Å². The Labute approximate surface area is 324 Å². The van der Waals surface area contributed by atoms with Gasteiger partial charge in [-0.25, -0.2) is 8.42 Å². The van der Waals surface area contributed by atoms with Gasteiger partial charge in [-0.3, -0.25) is 9.11 Å². The van der Waals surface area contributed by atoms with Crippen LogP contribution in [0.15, 0.2) is 88.7 Å². The van der Waals surface area contributed by atoms with Crippen molar-refractivity contribution in [1.29, 1.82) is 0 Å². The van der Waals surface area contributed by atoms with Crippen LogP contribution in [0.25, 0.3) is 0 Å². The Morgan fingerprint density at radius 1 is 0.615 bits per heavy atom. The molecule has 52 heavy (non-hydrogen) atoms. The first-order valence-corrected chi connectivity index (χ1v) is 22.7. The van der Waals surface area contributed by atoms with Crippen LogP contribution >= 0.6 is 0 Å². The Kier molecular flexibility index (Phi) is 55.6. The van der Waals surface area contributed by atoms with Crippen molar-refractivity contribution in [3.05, 3.63) is 95.6 Å². The zero-order valence-corrected chi connectivity index (χ0v) is 39.0. The average Bonchev–Trinajstić information content (AvgIpc) is 2.99. The molecule has 0 aromatic heterocycles. The molecule has 0 heterocycles. The predicted molar refractivity (Wildman–Crippen MR) is 233 cm³/mol. The van der Waals surface area contributed by atoms with Gasteiger partial charge >= 0.3 is 0 Å². The number of hydrogen-bond donors (Lipinski definition) is 2. The van der Waals surface area contributed by atoms with E-state index < -0.39 is 30.1 Å². The molecule has 0 saturated heterocycles. The van der Waals surface area contributed by atoms with Crippen LogP contribution in [0.5, 0.6) is 0 Å². The zero-order chi connectivity index (χ0) is 43.9. The highest BCUT2D eigenvalue weighted by Gasteiger charge is 2.13. The molecule has 0 bridgehead atoms. The maximum Gasteiger partial charge on any atom is 0.294 e. The van der Waals surface area contributed by atoms with E-state index in [1.54, 1.807) is 30.3 Å². The van der Waals surface area contributed by atoms with E-state index in [1.807, 2.05) is 117 Å². The third-order valence-corrected chi connectivity index (χ3v) is 6.57. The Bertz CT molecular complexity index is 1430. The molecule has 0 spiro atoms. The Hall–Kier alpha value is -2.57. The van der Waals surface area contributed by atoms with Crippen LogP contribution in [0.2, 0.25) is 0 Å². The summed E-state index contributed by atoms with van der Waals surface area (Å²) in [5.41, 5.74) is 6.13. The molecule has 0 aliphatic carbocycles. The molecule has 0 unspecified atom stereocenters. The van der Waals surface area contributed by atoms with Gasteiger partial charge in [-0.1, -0.05) is 122 Å². The molecule has 0 saturated carbocycles. The highest BCUT2D eigenvalue weighted by Crippen LogP contribution is 2.17. The monoisotopic (exact) mass is 797 g/mol. The van der Waals surface area contributed by atoms with Gasteiger partial charge in [0.2, 0.25) is 0 Å². The lowest BCUT2D eigenvalue weighted by molar-refractivity contribution is 0.481. The number of hydrogen-bond acceptors (Lipinski definition) is 6. The SMILES string of the molecule is C=C(C)C.C=C(C)C.C=C(C)C.CC.CC.CC.CCC.CCCS(=O)(=O)c1cccc(C)c1.CCc1cc(C)ccc1S(=O)(=O)O.CS(=O)(=O)O. The normalized spacial score (nSPS) is 9.10. The van der Waals surface area contributed by atoms with Crippen molar-refractivity contribution in [2.24, 2.45) is 0 Å². The fourth-order valence-corrected chi connectivity index (χ4v) is 4.63. The molecule has 2 rings (SSSR count). The number of rotatable bonds is 5. The maximum absolute atomic E-state index is 11.6. The summed E-state index contributed by atoms with van der Waals surface area (Å²) in [7, 11) is -10.8. The van der Waals surface area contributed by atoms with Crippen molar-refractivity contribution in [3.8, 4) is 0 Å². The van der Waals surface area contributed by atoms with E-state index in [0.717, 1.165) is 11.1 Å². The third-order valence-electron chi connectivity index (χ3n) is 3.70. The average molecular weight is 797 g/mol.